The monoisotopic (exact) mass is 578 g/mol. The lowest BCUT2D eigenvalue weighted by Gasteiger charge is -2.39. The second-order valence-corrected chi connectivity index (χ2v) is 12.6. The zero-order valence-corrected chi connectivity index (χ0v) is 24.5. The summed E-state index contributed by atoms with van der Waals surface area (Å²) in [7, 11) is 0. The molecule has 2 aliphatic heterocycles. The van der Waals surface area contributed by atoms with E-state index in [2.05, 4.69) is 16.4 Å². The Morgan fingerprint density at radius 3 is 2.78 bits per heavy atom. The molecular formula is C29H34N6O5S. The summed E-state index contributed by atoms with van der Waals surface area (Å²) in [6.07, 6.45) is 1.64. The maximum Gasteiger partial charge on any atom is 0.335 e. The number of aryl methyl sites for hydroxylation is 1. The summed E-state index contributed by atoms with van der Waals surface area (Å²) in [6.45, 7) is 8.08. The molecule has 1 aromatic carbocycles. The maximum absolute atomic E-state index is 13.0. The highest BCUT2D eigenvalue weighted by Crippen LogP contribution is 2.37. The first-order chi connectivity index (χ1) is 19.5. The average molecular weight is 579 g/mol. The number of fused-ring (bicyclic) bond motifs is 1. The highest BCUT2D eigenvalue weighted by atomic mass is 32.2. The molecule has 11 nitrogen and oxygen atoms in total. The van der Waals surface area contributed by atoms with Crippen LogP contribution in [0.15, 0.2) is 35.3 Å². The van der Waals surface area contributed by atoms with Crippen molar-refractivity contribution in [1.82, 2.24) is 19.7 Å². The number of nitrogens with zero attached hydrogens (tertiary/aromatic N) is 4. The van der Waals surface area contributed by atoms with Gasteiger partial charge in [-0.1, -0.05) is 0 Å². The van der Waals surface area contributed by atoms with Gasteiger partial charge in [0.2, 0.25) is 0 Å². The first kappa shape index (κ1) is 28.7. The number of H-pyrrole nitrogens is 1. The molecule has 2 aromatic heterocycles. The number of carbonyl (C=O) groups excluding carboxylic acids is 2. The van der Waals surface area contributed by atoms with Crippen molar-refractivity contribution in [3.63, 3.8) is 0 Å². The summed E-state index contributed by atoms with van der Waals surface area (Å²) in [5.41, 5.74) is 0.798. The molecule has 1 amide bonds. The van der Waals surface area contributed by atoms with Gasteiger partial charge in [-0.25, -0.2) is 4.79 Å². The van der Waals surface area contributed by atoms with Crippen LogP contribution in [0, 0.1) is 18.3 Å². The Kier molecular flexibility index (Phi) is 7.85. The zero-order valence-electron chi connectivity index (χ0n) is 23.7. The number of esters is 1. The van der Waals surface area contributed by atoms with Crippen LogP contribution in [0.3, 0.4) is 0 Å². The fraction of sp³-hybridized carbons (Fsp3) is 0.483. The molecule has 2 N–H and O–H groups in total. The Balaban J connectivity index is 1.45. The van der Waals surface area contributed by atoms with Crippen LogP contribution < -0.4 is 10.9 Å². The van der Waals surface area contributed by atoms with Gasteiger partial charge in [0.25, 0.3) is 11.5 Å². The van der Waals surface area contributed by atoms with E-state index in [1.807, 2.05) is 17.9 Å². The summed E-state index contributed by atoms with van der Waals surface area (Å²) in [4.78, 5) is 43.1. The number of ether oxygens (including phenoxy) is 2. The van der Waals surface area contributed by atoms with E-state index < -0.39 is 23.2 Å². The van der Waals surface area contributed by atoms with Crippen molar-refractivity contribution in [1.29, 1.82) is 5.26 Å². The first-order valence-electron chi connectivity index (χ1n) is 13.6. The predicted octanol–water partition coefficient (Wildman–Crippen LogP) is 4.05. The largest absolute Gasteiger partial charge is 0.458 e. The number of thioether (sulfide) groups is 1. The number of amides is 1. The lowest BCUT2D eigenvalue weighted by atomic mass is 9.87. The number of hydrogen-bond acceptors (Lipinski definition) is 9. The third-order valence-electron chi connectivity index (χ3n) is 7.32. The number of anilines is 2. The van der Waals surface area contributed by atoms with Crippen LogP contribution in [-0.4, -0.2) is 68.0 Å². The minimum atomic E-state index is -0.890. The number of pyridine rings is 1. The van der Waals surface area contributed by atoms with Crippen LogP contribution >= 0.6 is 11.8 Å². The predicted molar refractivity (Wildman–Crippen MR) is 156 cm³/mol. The highest BCUT2D eigenvalue weighted by Gasteiger charge is 2.43. The van der Waals surface area contributed by atoms with Crippen molar-refractivity contribution in [2.75, 3.05) is 30.1 Å². The summed E-state index contributed by atoms with van der Waals surface area (Å²) in [5, 5.41) is 18.2. The number of nitriles is 1. The number of benzene rings is 1. The van der Waals surface area contributed by atoms with Crippen LogP contribution in [0.5, 0.6) is 0 Å². The molecule has 0 saturated carbocycles. The standard InChI is InChI=1S/C29H34N6O5S/c1-18-15-19(5-6-20(18)26(37)34-13-14-41-17-34)32-24-23-21(8-12-31-25(23)36)35(33-24)29(10-11-30)9-7-22(39-16-29)27(38)40-28(2,3)4/h5-6,8,12,15,22H,7,9-10,13-14,16-17H2,1-4H3,(H,31,36)(H,32,33)/t22-,29-/m0/s1. The molecule has 0 bridgehead atoms. The highest BCUT2D eigenvalue weighted by molar-refractivity contribution is 7.99. The molecule has 5 rings (SSSR count). The average Bonchev–Trinajstić information content (AvgIpc) is 3.58. The van der Waals surface area contributed by atoms with E-state index in [9.17, 15) is 19.6 Å². The van der Waals surface area contributed by atoms with Gasteiger partial charge in [0.1, 0.15) is 11.0 Å². The minimum absolute atomic E-state index is 0.00523. The molecule has 41 heavy (non-hydrogen) atoms. The number of nitrogens with one attached hydrogen (secondary N) is 2. The maximum atomic E-state index is 13.0. The molecule has 12 heteroatoms. The van der Waals surface area contributed by atoms with Gasteiger partial charge >= 0.3 is 5.97 Å². The Morgan fingerprint density at radius 1 is 1.34 bits per heavy atom. The van der Waals surface area contributed by atoms with E-state index >= 15 is 0 Å². The van der Waals surface area contributed by atoms with Crippen molar-refractivity contribution in [3.8, 4) is 6.07 Å². The molecule has 216 valence electrons. The molecule has 2 aliphatic rings. The van der Waals surface area contributed by atoms with E-state index in [4.69, 9.17) is 14.6 Å². The number of aromatic amines is 1. The third-order valence-corrected chi connectivity index (χ3v) is 8.28. The summed E-state index contributed by atoms with van der Waals surface area (Å²) < 4.78 is 13.2. The Hall–Kier alpha value is -3.82. The molecule has 2 saturated heterocycles. The molecular weight excluding hydrogens is 544 g/mol. The van der Waals surface area contributed by atoms with Crippen LogP contribution in [0.2, 0.25) is 0 Å². The molecule has 2 atom stereocenters. The van der Waals surface area contributed by atoms with Gasteiger partial charge in [0.05, 0.1) is 36.0 Å². The normalized spacial score (nSPS) is 21.0. The SMILES string of the molecule is Cc1cc(Nc2nn([C@]3(CC#N)CC[C@@H](C(=O)OC(C)(C)C)OC3)c3cc[nH]c(=O)c23)ccc1C(=O)N1CCSC1. The lowest BCUT2D eigenvalue weighted by molar-refractivity contribution is -0.176. The van der Waals surface area contributed by atoms with E-state index in [-0.39, 0.29) is 24.5 Å². The molecule has 0 aliphatic carbocycles. The van der Waals surface area contributed by atoms with Gasteiger partial charge in [0.15, 0.2) is 11.9 Å². The summed E-state index contributed by atoms with van der Waals surface area (Å²) >= 11 is 1.74. The number of rotatable bonds is 6. The molecule has 3 aromatic rings. The van der Waals surface area contributed by atoms with Crippen LogP contribution in [0.25, 0.3) is 10.9 Å². The van der Waals surface area contributed by atoms with E-state index in [0.29, 0.717) is 46.7 Å². The van der Waals surface area contributed by atoms with Gasteiger partial charge in [-0.2, -0.15) is 10.4 Å². The first-order valence-corrected chi connectivity index (χ1v) is 14.7. The smallest absolute Gasteiger partial charge is 0.335 e. The zero-order chi connectivity index (χ0) is 29.4. The Morgan fingerprint density at radius 2 is 2.15 bits per heavy atom. The van der Waals surface area contributed by atoms with Crippen LogP contribution in [0.4, 0.5) is 11.5 Å². The number of hydrogen-bond donors (Lipinski definition) is 2. The molecule has 0 spiro atoms. The molecule has 2 fully saturated rings. The topological polar surface area (TPSA) is 142 Å². The van der Waals surface area contributed by atoms with Crippen molar-refractivity contribution in [3.05, 3.63) is 51.9 Å². The second kappa shape index (κ2) is 11.2. The minimum Gasteiger partial charge on any atom is -0.458 e. The fourth-order valence-electron chi connectivity index (χ4n) is 5.28. The van der Waals surface area contributed by atoms with Crippen LogP contribution in [-0.2, 0) is 19.8 Å². The molecule has 0 unspecified atom stereocenters. The third kappa shape index (κ3) is 5.83. The van der Waals surface area contributed by atoms with E-state index in [1.54, 1.807) is 61.6 Å². The number of aromatic nitrogens is 3. The second-order valence-electron chi connectivity index (χ2n) is 11.5. The summed E-state index contributed by atoms with van der Waals surface area (Å²) in [5.74, 6) is 1.52. The van der Waals surface area contributed by atoms with Crippen molar-refractivity contribution in [2.45, 2.75) is 64.2 Å². The van der Waals surface area contributed by atoms with Gasteiger partial charge < -0.3 is 24.7 Å². The van der Waals surface area contributed by atoms with E-state index in [1.165, 1.54) is 0 Å². The van der Waals surface area contributed by atoms with Crippen molar-refractivity contribution >= 4 is 46.0 Å². The van der Waals surface area contributed by atoms with Gasteiger partial charge in [0, 0.05) is 29.7 Å². The van der Waals surface area contributed by atoms with Gasteiger partial charge in [-0.05, 0) is 70.4 Å². The van der Waals surface area contributed by atoms with E-state index in [0.717, 1.165) is 17.9 Å². The summed E-state index contributed by atoms with van der Waals surface area (Å²) in [6, 6.07) is 9.43. The van der Waals surface area contributed by atoms with Crippen molar-refractivity contribution in [2.24, 2.45) is 0 Å². The number of carbonyl (C=O) groups is 2. The molecule has 0 radical (unpaired) electrons. The Labute approximate surface area is 242 Å². The van der Waals surface area contributed by atoms with Gasteiger partial charge in [-0.3, -0.25) is 14.3 Å². The molecule has 4 heterocycles. The van der Waals surface area contributed by atoms with Crippen LogP contribution in [0.1, 0.15) is 56.0 Å². The quantitative estimate of drug-likeness (QED) is 0.414. The van der Waals surface area contributed by atoms with Gasteiger partial charge in [-0.15, -0.1) is 11.8 Å². The fourth-order valence-corrected chi connectivity index (χ4v) is 6.23. The Bertz CT molecular complexity index is 1570. The lowest BCUT2D eigenvalue weighted by Crippen LogP contribution is -2.47. The van der Waals surface area contributed by atoms with Crippen molar-refractivity contribution < 1.29 is 19.1 Å².